The van der Waals surface area contributed by atoms with Gasteiger partial charge in [-0.1, -0.05) is 26.0 Å². The number of hydrogen-bond donors (Lipinski definition) is 0. The molecule has 0 saturated carbocycles. The van der Waals surface area contributed by atoms with Crippen molar-refractivity contribution in [1.29, 1.82) is 0 Å². The molecule has 0 aliphatic heterocycles. The van der Waals surface area contributed by atoms with Gasteiger partial charge in [0.2, 0.25) is 5.82 Å². The zero-order valence-electron chi connectivity index (χ0n) is 9.48. The normalized spacial score (nSPS) is 11.1. The quantitative estimate of drug-likeness (QED) is 0.778. The van der Waals surface area contributed by atoms with Crippen LogP contribution in [0.2, 0.25) is 0 Å². The lowest BCUT2D eigenvalue weighted by molar-refractivity contribution is 0.600. The summed E-state index contributed by atoms with van der Waals surface area (Å²) in [5.41, 5.74) is 1.07. The molecule has 0 saturated heterocycles. The Balaban J connectivity index is 2.54. The fraction of sp³-hybridized carbons (Fsp3) is 0.364. The second-order valence-corrected chi connectivity index (χ2v) is 3.97. The first kappa shape index (κ1) is 10.7. The number of benzene rings is 1. The highest BCUT2D eigenvalue weighted by atomic mass is 19.1. The van der Waals surface area contributed by atoms with Crippen molar-refractivity contribution in [3.8, 4) is 11.4 Å². The Labute approximate surface area is 93.1 Å². The standard InChI is InChI=1S/C11H13FN4/c1-7(2)8-5-4-6-9(10(8)12)11-13-15-16(3)14-11/h4-7H,1-3H3. The van der Waals surface area contributed by atoms with Crippen LogP contribution >= 0.6 is 0 Å². The van der Waals surface area contributed by atoms with Gasteiger partial charge in [0.05, 0.1) is 12.6 Å². The molecule has 5 heteroatoms. The molecule has 2 rings (SSSR count). The topological polar surface area (TPSA) is 43.6 Å². The average molecular weight is 220 g/mol. The summed E-state index contributed by atoms with van der Waals surface area (Å²) < 4.78 is 14.1. The molecule has 0 spiro atoms. The largest absolute Gasteiger partial charge is 0.207 e. The van der Waals surface area contributed by atoms with E-state index in [1.807, 2.05) is 19.9 Å². The minimum absolute atomic E-state index is 0.136. The molecule has 84 valence electrons. The van der Waals surface area contributed by atoms with Crippen LogP contribution in [-0.2, 0) is 7.05 Å². The Morgan fingerprint density at radius 2 is 2.06 bits per heavy atom. The zero-order valence-corrected chi connectivity index (χ0v) is 9.48. The van der Waals surface area contributed by atoms with Crippen LogP contribution in [0.4, 0.5) is 4.39 Å². The van der Waals surface area contributed by atoms with Crippen molar-refractivity contribution in [3.63, 3.8) is 0 Å². The third-order valence-corrected chi connectivity index (χ3v) is 2.40. The SMILES string of the molecule is CC(C)c1cccc(-c2nnn(C)n2)c1F. The first-order valence-electron chi connectivity index (χ1n) is 5.12. The zero-order chi connectivity index (χ0) is 11.7. The monoisotopic (exact) mass is 220 g/mol. The fourth-order valence-electron chi connectivity index (χ4n) is 1.56. The number of nitrogens with zero attached hydrogens (tertiary/aromatic N) is 4. The third kappa shape index (κ3) is 1.80. The minimum atomic E-state index is -0.259. The van der Waals surface area contributed by atoms with Gasteiger partial charge in [-0.15, -0.1) is 10.2 Å². The van der Waals surface area contributed by atoms with Gasteiger partial charge >= 0.3 is 0 Å². The molecule has 0 aliphatic carbocycles. The molecule has 0 bridgehead atoms. The highest BCUT2D eigenvalue weighted by Gasteiger charge is 2.15. The average Bonchev–Trinajstić information content (AvgIpc) is 2.64. The second kappa shape index (κ2) is 4.00. The van der Waals surface area contributed by atoms with Gasteiger partial charge in [-0.05, 0) is 22.8 Å². The minimum Gasteiger partial charge on any atom is -0.206 e. The van der Waals surface area contributed by atoms with E-state index in [9.17, 15) is 4.39 Å². The summed E-state index contributed by atoms with van der Waals surface area (Å²) in [7, 11) is 1.65. The Bertz CT molecular complexity index is 504. The first-order chi connectivity index (χ1) is 7.59. The maximum atomic E-state index is 14.1. The Hall–Kier alpha value is -1.78. The highest BCUT2D eigenvalue weighted by Crippen LogP contribution is 2.25. The molecular formula is C11H13FN4. The molecule has 0 aliphatic rings. The molecule has 0 unspecified atom stereocenters. The lowest BCUT2D eigenvalue weighted by atomic mass is 10.00. The van der Waals surface area contributed by atoms with E-state index in [1.54, 1.807) is 19.2 Å². The van der Waals surface area contributed by atoms with E-state index in [1.165, 1.54) is 4.80 Å². The van der Waals surface area contributed by atoms with Crippen molar-refractivity contribution in [2.45, 2.75) is 19.8 Å². The number of halogens is 1. The van der Waals surface area contributed by atoms with Crippen LogP contribution in [0, 0.1) is 5.82 Å². The van der Waals surface area contributed by atoms with Crippen LogP contribution in [0.15, 0.2) is 18.2 Å². The Morgan fingerprint density at radius 3 is 2.62 bits per heavy atom. The summed E-state index contributed by atoms with van der Waals surface area (Å²) in [6.45, 7) is 3.90. The predicted octanol–water partition coefficient (Wildman–Crippen LogP) is 2.14. The van der Waals surface area contributed by atoms with E-state index in [4.69, 9.17) is 0 Å². The first-order valence-corrected chi connectivity index (χ1v) is 5.12. The van der Waals surface area contributed by atoms with Crippen LogP contribution in [0.1, 0.15) is 25.3 Å². The lowest BCUT2D eigenvalue weighted by Gasteiger charge is -2.08. The summed E-state index contributed by atoms with van der Waals surface area (Å²) in [5.74, 6) is 0.199. The lowest BCUT2D eigenvalue weighted by Crippen LogP contribution is -1.97. The van der Waals surface area contributed by atoms with Crippen LogP contribution in [0.5, 0.6) is 0 Å². The van der Waals surface area contributed by atoms with Crippen LogP contribution in [0.25, 0.3) is 11.4 Å². The van der Waals surface area contributed by atoms with E-state index < -0.39 is 0 Å². The maximum Gasteiger partial charge on any atom is 0.207 e. The fourth-order valence-corrected chi connectivity index (χ4v) is 1.56. The number of rotatable bonds is 2. The van der Waals surface area contributed by atoms with Gasteiger partial charge in [0, 0.05) is 0 Å². The summed E-state index contributed by atoms with van der Waals surface area (Å²) in [6.07, 6.45) is 0. The van der Waals surface area contributed by atoms with Gasteiger partial charge in [0.25, 0.3) is 0 Å². The van der Waals surface area contributed by atoms with Crippen LogP contribution < -0.4 is 0 Å². The highest BCUT2D eigenvalue weighted by molar-refractivity contribution is 5.56. The Kier molecular flexibility index (Phi) is 2.68. The van der Waals surface area contributed by atoms with Crippen LogP contribution in [0.3, 0.4) is 0 Å². The molecule has 0 N–H and O–H groups in total. The molecule has 1 heterocycles. The molecule has 0 atom stereocenters. The molecule has 1 aromatic carbocycles. The van der Waals surface area contributed by atoms with Crippen molar-refractivity contribution in [2.75, 3.05) is 0 Å². The maximum absolute atomic E-state index is 14.1. The summed E-state index contributed by atoms with van der Waals surface area (Å²) in [6, 6.07) is 5.25. The second-order valence-electron chi connectivity index (χ2n) is 3.97. The number of hydrogen-bond acceptors (Lipinski definition) is 3. The molecule has 0 amide bonds. The molecule has 0 radical (unpaired) electrons. The van der Waals surface area contributed by atoms with Crippen molar-refractivity contribution in [3.05, 3.63) is 29.6 Å². The van der Waals surface area contributed by atoms with Gasteiger partial charge < -0.3 is 0 Å². The number of aromatic nitrogens is 4. The number of aryl methyl sites for hydroxylation is 1. The van der Waals surface area contributed by atoms with Gasteiger partial charge in [-0.25, -0.2) is 4.39 Å². The molecule has 2 aromatic rings. The molecule has 1 aromatic heterocycles. The third-order valence-electron chi connectivity index (χ3n) is 2.40. The van der Waals surface area contributed by atoms with Crippen LogP contribution in [-0.4, -0.2) is 20.2 Å². The van der Waals surface area contributed by atoms with Crippen molar-refractivity contribution >= 4 is 0 Å². The molecule has 16 heavy (non-hydrogen) atoms. The Morgan fingerprint density at radius 1 is 1.31 bits per heavy atom. The molecular weight excluding hydrogens is 207 g/mol. The van der Waals surface area contributed by atoms with E-state index in [0.29, 0.717) is 17.0 Å². The molecule has 0 fully saturated rings. The van der Waals surface area contributed by atoms with E-state index in [-0.39, 0.29) is 11.7 Å². The molecule has 4 nitrogen and oxygen atoms in total. The summed E-state index contributed by atoms with van der Waals surface area (Å²) in [5, 5.41) is 11.5. The van der Waals surface area contributed by atoms with Gasteiger partial charge in [0.15, 0.2) is 0 Å². The van der Waals surface area contributed by atoms with E-state index in [2.05, 4.69) is 15.4 Å². The van der Waals surface area contributed by atoms with Crippen molar-refractivity contribution in [1.82, 2.24) is 20.2 Å². The predicted molar refractivity (Wildman–Crippen MR) is 58.3 cm³/mol. The smallest absolute Gasteiger partial charge is 0.206 e. The number of tetrazole rings is 1. The summed E-state index contributed by atoms with van der Waals surface area (Å²) >= 11 is 0. The van der Waals surface area contributed by atoms with Gasteiger partial charge in [-0.3, -0.25) is 0 Å². The van der Waals surface area contributed by atoms with Gasteiger partial charge in [0.1, 0.15) is 5.82 Å². The van der Waals surface area contributed by atoms with Gasteiger partial charge in [-0.2, -0.15) is 4.80 Å². The van der Waals surface area contributed by atoms with E-state index in [0.717, 1.165) is 0 Å². The summed E-state index contributed by atoms with van der Waals surface area (Å²) in [4.78, 5) is 1.32. The van der Waals surface area contributed by atoms with E-state index >= 15 is 0 Å². The van der Waals surface area contributed by atoms with Crippen molar-refractivity contribution in [2.24, 2.45) is 7.05 Å². The van der Waals surface area contributed by atoms with Crippen molar-refractivity contribution < 1.29 is 4.39 Å².